The van der Waals surface area contributed by atoms with Gasteiger partial charge in [-0.25, -0.2) is 0 Å². The average Bonchev–Trinajstić information content (AvgIpc) is 2.39. The number of hydrogen-bond acceptors (Lipinski definition) is 5. The minimum Gasteiger partial charge on any atom is -0.406 e. The van der Waals surface area contributed by atoms with Gasteiger partial charge in [-0.2, -0.15) is 15.8 Å². The van der Waals surface area contributed by atoms with Crippen molar-refractivity contribution in [3.63, 3.8) is 0 Å². The number of hydrogen-bond donors (Lipinski definition) is 1. The van der Waals surface area contributed by atoms with E-state index in [-0.39, 0.29) is 20.3 Å². The van der Waals surface area contributed by atoms with Crippen molar-refractivity contribution in [2.24, 2.45) is 0 Å². The molecule has 0 saturated heterocycles. The number of halogens is 5. The first-order chi connectivity index (χ1) is 10.2. The third-order valence-electron chi connectivity index (χ3n) is 2.08. The Labute approximate surface area is 139 Å². The van der Waals surface area contributed by atoms with E-state index in [4.69, 9.17) is 15.8 Å². The molecule has 0 saturated carbocycles. The second-order valence-corrected chi connectivity index (χ2v) is 5.23. The van der Waals surface area contributed by atoms with Gasteiger partial charge in [0.05, 0.1) is 5.69 Å². The summed E-state index contributed by atoms with van der Waals surface area (Å²) in [6, 6.07) is 6.74. The Morgan fingerprint density at radius 3 is 1.91 bits per heavy atom. The summed E-state index contributed by atoms with van der Waals surface area (Å²) >= 11 is 6.04. The van der Waals surface area contributed by atoms with Gasteiger partial charge in [0, 0.05) is 8.95 Å². The normalized spacial score (nSPS) is 9.91. The van der Waals surface area contributed by atoms with Gasteiger partial charge in [-0.3, -0.25) is 0 Å². The van der Waals surface area contributed by atoms with Gasteiger partial charge in [0.2, 0.25) is 0 Å². The lowest BCUT2D eigenvalue weighted by atomic mass is 10.2. The van der Waals surface area contributed by atoms with Crippen molar-refractivity contribution in [1.29, 1.82) is 15.8 Å². The highest BCUT2D eigenvalue weighted by Gasteiger charge is 2.31. The molecule has 0 unspecified atom stereocenters. The largest absolute Gasteiger partial charge is 0.573 e. The Balaban J connectivity index is 3.25. The lowest BCUT2D eigenvalue weighted by Gasteiger charge is -2.14. The first-order valence-electron chi connectivity index (χ1n) is 5.18. The highest BCUT2D eigenvalue weighted by Crippen LogP contribution is 2.37. The van der Waals surface area contributed by atoms with Crippen LogP contribution in [0.25, 0.3) is 0 Å². The maximum atomic E-state index is 12.2. The van der Waals surface area contributed by atoms with Crippen molar-refractivity contribution in [2.75, 3.05) is 5.32 Å². The lowest BCUT2D eigenvalue weighted by molar-refractivity contribution is -0.274. The summed E-state index contributed by atoms with van der Waals surface area (Å²) in [6.07, 6.45) is -4.85. The summed E-state index contributed by atoms with van der Waals surface area (Å²) in [7, 11) is 0. The van der Waals surface area contributed by atoms with Gasteiger partial charge in [-0.1, -0.05) is 0 Å². The van der Waals surface area contributed by atoms with Crippen LogP contribution in [0.4, 0.5) is 18.9 Å². The number of nitrogens with one attached hydrogen (secondary N) is 1. The molecule has 0 heterocycles. The van der Waals surface area contributed by atoms with Gasteiger partial charge in [0.25, 0.3) is 0 Å². The second-order valence-electron chi connectivity index (χ2n) is 3.52. The topological polar surface area (TPSA) is 92.6 Å². The molecule has 0 aromatic heterocycles. The van der Waals surface area contributed by atoms with Crippen LogP contribution in [0.1, 0.15) is 0 Å². The Bertz CT molecular complexity index is 715. The first kappa shape index (κ1) is 17.8. The molecule has 1 rings (SSSR count). The van der Waals surface area contributed by atoms with Gasteiger partial charge in [0.15, 0.2) is 5.57 Å². The van der Waals surface area contributed by atoms with E-state index < -0.39 is 17.7 Å². The zero-order chi connectivity index (χ0) is 16.9. The number of anilines is 1. The van der Waals surface area contributed by atoms with Crippen molar-refractivity contribution in [3.05, 3.63) is 32.3 Å². The van der Waals surface area contributed by atoms with Crippen LogP contribution >= 0.6 is 31.9 Å². The molecule has 10 heteroatoms. The number of allylic oxidation sites excluding steroid dienone is 2. The average molecular weight is 436 g/mol. The summed E-state index contributed by atoms with van der Waals surface area (Å²) in [5.74, 6) is -0.486. The first-order valence-corrected chi connectivity index (χ1v) is 6.76. The molecule has 22 heavy (non-hydrogen) atoms. The fourth-order valence-corrected chi connectivity index (χ4v) is 2.61. The molecular formula is C12H3Br2F3N4O. The van der Waals surface area contributed by atoms with Crippen LogP contribution in [-0.2, 0) is 0 Å². The van der Waals surface area contributed by atoms with Crippen LogP contribution in [0.3, 0.4) is 0 Å². The van der Waals surface area contributed by atoms with E-state index >= 15 is 0 Å². The van der Waals surface area contributed by atoms with E-state index in [0.717, 1.165) is 12.1 Å². The molecule has 0 aliphatic carbocycles. The van der Waals surface area contributed by atoms with Gasteiger partial charge in [-0.05, 0) is 44.0 Å². The van der Waals surface area contributed by atoms with Crippen molar-refractivity contribution in [3.8, 4) is 24.0 Å². The van der Waals surface area contributed by atoms with Gasteiger partial charge < -0.3 is 10.1 Å². The van der Waals surface area contributed by atoms with Crippen LogP contribution in [0.15, 0.2) is 32.3 Å². The van der Waals surface area contributed by atoms with Crippen LogP contribution in [-0.4, -0.2) is 6.36 Å². The van der Waals surface area contributed by atoms with Crippen molar-refractivity contribution in [2.45, 2.75) is 6.36 Å². The molecular weight excluding hydrogens is 433 g/mol. The second kappa shape index (κ2) is 7.17. The number of ether oxygens (including phenoxy) is 1. The number of rotatable bonds is 3. The van der Waals surface area contributed by atoms with Gasteiger partial charge in [0.1, 0.15) is 29.7 Å². The summed E-state index contributed by atoms with van der Waals surface area (Å²) in [5.41, 5.74) is -0.637. The standard InChI is InChI=1S/C12H3Br2F3N4O/c13-8-1-7(22-12(15,16)17)2-9(14)11(8)21-10(5-20)6(3-18)4-19/h1-2,21H. The number of nitriles is 3. The molecule has 0 spiro atoms. The van der Waals surface area contributed by atoms with Crippen molar-refractivity contribution >= 4 is 37.5 Å². The quantitative estimate of drug-likeness (QED) is 0.712. The van der Waals surface area contributed by atoms with Crippen LogP contribution in [0, 0.1) is 34.0 Å². The van der Waals surface area contributed by atoms with Crippen molar-refractivity contribution < 1.29 is 17.9 Å². The molecule has 0 atom stereocenters. The zero-order valence-electron chi connectivity index (χ0n) is 10.3. The predicted octanol–water partition coefficient (Wildman–Crippen LogP) is 4.35. The smallest absolute Gasteiger partial charge is 0.406 e. The Hall–Kier alpha value is -2.22. The minimum absolute atomic E-state index is 0.129. The lowest BCUT2D eigenvalue weighted by Crippen LogP contribution is -2.17. The number of benzene rings is 1. The number of nitrogens with zero attached hydrogens (tertiary/aromatic N) is 3. The van der Waals surface area contributed by atoms with E-state index in [1.807, 2.05) is 0 Å². The molecule has 0 aliphatic rings. The monoisotopic (exact) mass is 434 g/mol. The predicted molar refractivity (Wildman–Crippen MR) is 76.0 cm³/mol. The molecule has 1 aromatic rings. The zero-order valence-corrected chi connectivity index (χ0v) is 13.5. The summed E-state index contributed by atoms with van der Waals surface area (Å²) < 4.78 is 40.6. The highest BCUT2D eigenvalue weighted by atomic mass is 79.9. The van der Waals surface area contributed by atoms with E-state index in [2.05, 4.69) is 41.9 Å². The highest BCUT2D eigenvalue weighted by molar-refractivity contribution is 9.11. The fraction of sp³-hybridized carbons (Fsp3) is 0.0833. The molecule has 0 aliphatic heterocycles. The molecule has 1 N–H and O–H groups in total. The SMILES string of the molecule is N#CC(C#N)=C(C#N)Nc1c(Br)cc(OC(F)(F)F)cc1Br. The van der Waals surface area contributed by atoms with E-state index in [9.17, 15) is 13.2 Å². The van der Waals surface area contributed by atoms with Gasteiger partial charge >= 0.3 is 6.36 Å². The van der Waals surface area contributed by atoms with Crippen LogP contribution < -0.4 is 10.1 Å². The van der Waals surface area contributed by atoms with Crippen LogP contribution in [0.2, 0.25) is 0 Å². The number of alkyl halides is 3. The summed E-state index contributed by atoms with van der Waals surface area (Å²) in [5, 5.41) is 28.9. The van der Waals surface area contributed by atoms with E-state index in [1.165, 1.54) is 12.1 Å². The van der Waals surface area contributed by atoms with Crippen molar-refractivity contribution in [1.82, 2.24) is 0 Å². The van der Waals surface area contributed by atoms with E-state index in [1.54, 1.807) is 6.07 Å². The molecule has 1 aromatic carbocycles. The minimum atomic E-state index is -4.85. The van der Waals surface area contributed by atoms with Gasteiger partial charge in [-0.15, -0.1) is 13.2 Å². The third kappa shape index (κ3) is 4.66. The Morgan fingerprint density at radius 2 is 1.55 bits per heavy atom. The Kier molecular flexibility index (Phi) is 5.81. The maximum Gasteiger partial charge on any atom is 0.573 e. The molecule has 0 amide bonds. The molecule has 5 nitrogen and oxygen atoms in total. The fourth-order valence-electron chi connectivity index (χ4n) is 1.27. The van der Waals surface area contributed by atoms with E-state index in [0.29, 0.717) is 0 Å². The Morgan fingerprint density at radius 1 is 1.05 bits per heavy atom. The maximum absolute atomic E-state index is 12.2. The molecule has 0 bridgehead atoms. The summed E-state index contributed by atoms with van der Waals surface area (Å²) in [6.45, 7) is 0. The third-order valence-corrected chi connectivity index (χ3v) is 3.34. The van der Waals surface area contributed by atoms with Crippen LogP contribution in [0.5, 0.6) is 5.75 Å². The molecule has 0 radical (unpaired) electrons. The summed E-state index contributed by atoms with van der Waals surface area (Å²) in [4.78, 5) is 0. The molecule has 112 valence electrons. The molecule has 0 fully saturated rings.